The van der Waals surface area contributed by atoms with Crippen LogP contribution in [0.3, 0.4) is 0 Å². The molecule has 7 heteroatoms. The van der Waals surface area contributed by atoms with Crippen LogP contribution in [0.1, 0.15) is 19.4 Å². The molecule has 0 bridgehead atoms. The van der Waals surface area contributed by atoms with Crippen LogP contribution < -0.4 is 4.74 Å². The van der Waals surface area contributed by atoms with E-state index in [1.165, 1.54) is 6.08 Å². The van der Waals surface area contributed by atoms with Gasteiger partial charge in [-0.2, -0.15) is 4.98 Å². The van der Waals surface area contributed by atoms with Gasteiger partial charge in [-0.15, -0.1) is 0 Å². The highest BCUT2D eigenvalue weighted by Gasteiger charge is 2.13. The number of carboxylic acids is 1. The molecule has 0 aliphatic carbocycles. The summed E-state index contributed by atoms with van der Waals surface area (Å²) >= 11 is 6.26. The van der Waals surface area contributed by atoms with Crippen LogP contribution >= 0.6 is 11.6 Å². The Balaban J connectivity index is 1.80. The fourth-order valence-corrected chi connectivity index (χ4v) is 2.58. The third-order valence-corrected chi connectivity index (χ3v) is 3.85. The minimum atomic E-state index is -0.996. The SMILES string of the molecule is CC(C)Oc1ccc(-c2noc(-c3ccc(C=CC(=O)O)cc3)n2)cc1Cl. The second-order valence-corrected chi connectivity index (χ2v) is 6.44. The lowest BCUT2D eigenvalue weighted by molar-refractivity contribution is -0.131. The van der Waals surface area contributed by atoms with E-state index in [9.17, 15) is 4.79 Å². The number of aromatic nitrogens is 2. The zero-order valence-corrected chi connectivity index (χ0v) is 15.5. The Labute approximate surface area is 161 Å². The first-order chi connectivity index (χ1) is 12.9. The van der Waals surface area contributed by atoms with E-state index in [1.807, 2.05) is 19.9 Å². The Morgan fingerprint density at radius 3 is 2.52 bits per heavy atom. The van der Waals surface area contributed by atoms with Gasteiger partial charge in [-0.1, -0.05) is 28.9 Å². The number of hydrogen-bond acceptors (Lipinski definition) is 5. The molecule has 6 nitrogen and oxygen atoms in total. The quantitative estimate of drug-likeness (QED) is 0.605. The lowest BCUT2D eigenvalue weighted by Gasteiger charge is -2.11. The van der Waals surface area contributed by atoms with Gasteiger partial charge in [0.1, 0.15) is 5.75 Å². The van der Waals surface area contributed by atoms with E-state index in [2.05, 4.69) is 10.1 Å². The Morgan fingerprint density at radius 1 is 1.19 bits per heavy atom. The van der Waals surface area contributed by atoms with Crippen molar-refractivity contribution >= 4 is 23.6 Å². The van der Waals surface area contributed by atoms with Crippen molar-refractivity contribution in [3.8, 4) is 28.6 Å². The van der Waals surface area contributed by atoms with E-state index in [0.29, 0.717) is 28.1 Å². The molecule has 1 N–H and O–H groups in total. The molecule has 0 aliphatic heterocycles. The fourth-order valence-electron chi connectivity index (χ4n) is 2.35. The molecule has 0 atom stereocenters. The van der Waals surface area contributed by atoms with Gasteiger partial charge in [0, 0.05) is 17.2 Å². The lowest BCUT2D eigenvalue weighted by atomic mass is 10.1. The molecule has 0 saturated carbocycles. The number of carboxylic acid groups (broad SMARTS) is 1. The van der Waals surface area contributed by atoms with Crippen LogP contribution in [0.15, 0.2) is 53.1 Å². The smallest absolute Gasteiger partial charge is 0.328 e. The maximum Gasteiger partial charge on any atom is 0.328 e. The minimum absolute atomic E-state index is 0.0263. The third kappa shape index (κ3) is 4.74. The molecule has 3 aromatic rings. The molecule has 0 spiro atoms. The number of ether oxygens (including phenoxy) is 1. The van der Waals surface area contributed by atoms with Crippen molar-refractivity contribution in [1.29, 1.82) is 0 Å². The summed E-state index contributed by atoms with van der Waals surface area (Å²) in [5.74, 6) is 0.378. The number of rotatable bonds is 6. The zero-order valence-electron chi connectivity index (χ0n) is 14.7. The number of aliphatic carboxylic acids is 1. The number of carbonyl (C=O) groups is 1. The third-order valence-electron chi connectivity index (χ3n) is 3.55. The number of halogens is 1. The van der Waals surface area contributed by atoms with Gasteiger partial charge in [0.2, 0.25) is 5.82 Å². The second-order valence-electron chi connectivity index (χ2n) is 6.03. The maximum absolute atomic E-state index is 10.6. The van der Waals surface area contributed by atoms with Gasteiger partial charge < -0.3 is 14.4 Å². The largest absolute Gasteiger partial charge is 0.489 e. The van der Waals surface area contributed by atoms with Crippen LogP contribution in [0.25, 0.3) is 28.9 Å². The normalized spacial score (nSPS) is 11.3. The second kappa shape index (κ2) is 8.05. The molecule has 0 fully saturated rings. The maximum atomic E-state index is 10.6. The van der Waals surface area contributed by atoms with Gasteiger partial charge in [0.15, 0.2) is 0 Å². The zero-order chi connectivity index (χ0) is 19.4. The molecule has 0 aliphatic rings. The van der Waals surface area contributed by atoms with Crippen molar-refractivity contribution < 1.29 is 19.2 Å². The van der Waals surface area contributed by atoms with Crippen LogP contribution in [0, 0.1) is 0 Å². The van der Waals surface area contributed by atoms with Gasteiger partial charge in [0.05, 0.1) is 11.1 Å². The Hall–Kier alpha value is -3.12. The number of hydrogen-bond donors (Lipinski definition) is 1. The van der Waals surface area contributed by atoms with E-state index in [0.717, 1.165) is 17.2 Å². The predicted molar refractivity (Wildman–Crippen MR) is 103 cm³/mol. The van der Waals surface area contributed by atoms with Crippen molar-refractivity contribution in [2.45, 2.75) is 20.0 Å². The Morgan fingerprint density at radius 2 is 1.89 bits per heavy atom. The van der Waals surface area contributed by atoms with Gasteiger partial charge in [-0.05, 0) is 55.8 Å². The highest BCUT2D eigenvalue weighted by atomic mass is 35.5. The Kier molecular flexibility index (Phi) is 5.57. The average Bonchev–Trinajstić information content (AvgIpc) is 3.12. The van der Waals surface area contributed by atoms with E-state index in [4.69, 9.17) is 26.0 Å². The summed E-state index contributed by atoms with van der Waals surface area (Å²) < 4.78 is 10.9. The fraction of sp³-hybridized carbons (Fsp3) is 0.150. The van der Waals surface area contributed by atoms with E-state index in [-0.39, 0.29) is 6.10 Å². The molecule has 2 aromatic carbocycles. The van der Waals surface area contributed by atoms with Crippen LogP contribution in [-0.4, -0.2) is 27.3 Å². The summed E-state index contributed by atoms with van der Waals surface area (Å²) in [7, 11) is 0. The summed E-state index contributed by atoms with van der Waals surface area (Å²) in [6.07, 6.45) is 2.61. The summed E-state index contributed by atoms with van der Waals surface area (Å²) in [6.45, 7) is 3.86. The summed E-state index contributed by atoms with van der Waals surface area (Å²) in [5, 5.41) is 13.1. The molecule has 0 radical (unpaired) electrons. The standard InChI is InChI=1S/C20H17ClN2O4/c1-12(2)26-17-9-8-15(11-16(17)21)19-22-20(27-23-19)14-6-3-13(4-7-14)5-10-18(24)25/h3-12H,1-2H3,(H,24,25). The lowest BCUT2D eigenvalue weighted by Crippen LogP contribution is -2.05. The van der Waals surface area contributed by atoms with Gasteiger partial charge in [-0.25, -0.2) is 4.79 Å². The minimum Gasteiger partial charge on any atom is -0.489 e. The van der Waals surface area contributed by atoms with Gasteiger partial charge >= 0.3 is 5.97 Å². The van der Waals surface area contributed by atoms with Crippen LogP contribution in [0.4, 0.5) is 0 Å². The van der Waals surface area contributed by atoms with Gasteiger partial charge in [-0.3, -0.25) is 0 Å². The molecule has 1 heterocycles. The molecule has 1 aromatic heterocycles. The molecule has 138 valence electrons. The number of nitrogens with zero attached hydrogens (tertiary/aromatic N) is 2. The Bertz CT molecular complexity index is 978. The van der Waals surface area contributed by atoms with E-state index < -0.39 is 5.97 Å². The van der Waals surface area contributed by atoms with Crippen molar-refractivity contribution in [3.63, 3.8) is 0 Å². The summed E-state index contributed by atoms with van der Waals surface area (Å²) in [4.78, 5) is 15.0. The highest BCUT2D eigenvalue weighted by Crippen LogP contribution is 2.31. The summed E-state index contributed by atoms with van der Waals surface area (Å²) in [5.41, 5.74) is 2.20. The molecular formula is C20H17ClN2O4. The van der Waals surface area contributed by atoms with Crippen molar-refractivity contribution in [1.82, 2.24) is 10.1 Å². The van der Waals surface area contributed by atoms with E-state index >= 15 is 0 Å². The molecule has 27 heavy (non-hydrogen) atoms. The van der Waals surface area contributed by atoms with Gasteiger partial charge in [0.25, 0.3) is 5.89 Å². The first-order valence-corrected chi connectivity index (χ1v) is 8.62. The predicted octanol–water partition coefficient (Wildman–Crippen LogP) is 4.94. The first-order valence-electron chi connectivity index (χ1n) is 8.24. The monoisotopic (exact) mass is 384 g/mol. The highest BCUT2D eigenvalue weighted by molar-refractivity contribution is 6.32. The summed E-state index contributed by atoms with van der Waals surface area (Å²) in [6, 6.07) is 12.4. The van der Waals surface area contributed by atoms with E-state index in [1.54, 1.807) is 36.4 Å². The average molecular weight is 385 g/mol. The first kappa shape index (κ1) is 18.7. The van der Waals surface area contributed by atoms with Crippen molar-refractivity contribution in [3.05, 3.63) is 59.1 Å². The molecule has 0 amide bonds. The molecule has 3 rings (SSSR count). The molecular weight excluding hydrogens is 368 g/mol. The molecule has 0 saturated heterocycles. The number of benzene rings is 2. The molecule has 0 unspecified atom stereocenters. The van der Waals surface area contributed by atoms with Crippen LogP contribution in [-0.2, 0) is 4.79 Å². The van der Waals surface area contributed by atoms with Crippen LogP contribution in [0.2, 0.25) is 5.02 Å². The van der Waals surface area contributed by atoms with Crippen LogP contribution in [0.5, 0.6) is 5.75 Å². The van der Waals surface area contributed by atoms with Crippen molar-refractivity contribution in [2.75, 3.05) is 0 Å². The van der Waals surface area contributed by atoms with Crippen molar-refractivity contribution in [2.24, 2.45) is 0 Å². The topological polar surface area (TPSA) is 85.5 Å².